The number of aromatic nitrogens is 2. The molecule has 1 unspecified atom stereocenters. The Labute approximate surface area is 124 Å². The van der Waals surface area contributed by atoms with Crippen molar-refractivity contribution in [2.45, 2.75) is 26.9 Å². The number of hydrogen-bond donors (Lipinski definition) is 2. The molecule has 3 aromatic rings. The van der Waals surface area contributed by atoms with Crippen LogP contribution in [-0.2, 0) is 0 Å². The third-order valence-electron chi connectivity index (χ3n) is 2.99. The van der Waals surface area contributed by atoms with E-state index in [9.17, 15) is 5.11 Å². The smallest absolute Gasteiger partial charge is 0.129 e. The maximum Gasteiger partial charge on any atom is 0.129 e. The Hall–Kier alpha value is -2.33. The summed E-state index contributed by atoms with van der Waals surface area (Å²) in [5.74, 6) is 1.49. The molecular formula is C17H20N2O2. The number of fused-ring (bicyclic) bond motifs is 1. The molecule has 4 nitrogen and oxygen atoms in total. The SMILES string of the molecule is CC.CC(O)c1ccc(Oc2ccc3nc[nH]c3c2)cc1. The van der Waals surface area contributed by atoms with E-state index in [-0.39, 0.29) is 0 Å². The lowest BCUT2D eigenvalue weighted by molar-refractivity contribution is 0.199. The Balaban J connectivity index is 0.000000774. The molecule has 0 spiro atoms. The van der Waals surface area contributed by atoms with Crippen molar-refractivity contribution in [2.24, 2.45) is 0 Å². The van der Waals surface area contributed by atoms with Gasteiger partial charge in [-0.25, -0.2) is 4.98 Å². The third kappa shape index (κ3) is 3.61. The highest BCUT2D eigenvalue weighted by molar-refractivity contribution is 5.76. The van der Waals surface area contributed by atoms with Gasteiger partial charge in [-0.15, -0.1) is 0 Å². The fourth-order valence-electron chi connectivity index (χ4n) is 1.93. The van der Waals surface area contributed by atoms with Gasteiger partial charge in [0, 0.05) is 6.07 Å². The van der Waals surface area contributed by atoms with Gasteiger partial charge in [0.25, 0.3) is 0 Å². The molecule has 21 heavy (non-hydrogen) atoms. The number of ether oxygens (including phenoxy) is 1. The molecule has 0 saturated carbocycles. The molecule has 2 aromatic carbocycles. The van der Waals surface area contributed by atoms with Crippen LogP contribution in [0.25, 0.3) is 11.0 Å². The molecule has 0 saturated heterocycles. The molecule has 3 rings (SSSR count). The van der Waals surface area contributed by atoms with E-state index in [0.717, 1.165) is 28.1 Å². The Morgan fingerprint density at radius 3 is 2.38 bits per heavy atom. The van der Waals surface area contributed by atoms with Crippen molar-refractivity contribution in [3.05, 3.63) is 54.4 Å². The standard InChI is InChI=1S/C15H14N2O2.C2H6/c1-10(18)11-2-4-12(5-3-11)19-13-6-7-14-15(8-13)17-9-16-14;1-2/h2-10,18H,1H3,(H,16,17);1-2H3. The monoisotopic (exact) mass is 284 g/mol. The minimum atomic E-state index is -0.463. The molecule has 0 bridgehead atoms. The van der Waals surface area contributed by atoms with Crippen LogP contribution in [-0.4, -0.2) is 15.1 Å². The highest BCUT2D eigenvalue weighted by atomic mass is 16.5. The van der Waals surface area contributed by atoms with Gasteiger partial charge in [0.15, 0.2) is 0 Å². The maximum absolute atomic E-state index is 9.45. The first-order valence-electron chi connectivity index (χ1n) is 7.11. The van der Waals surface area contributed by atoms with Gasteiger partial charge in [0.05, 0.1) is 23.5 Å². The van der Waals surface area contributed by atoms with Crippen LogP contribution in [0.5, 0.6) is 11.5 Å². The summed E-state index contributed by atoms with van der Waals surface area (Å²) in [4.78, 5) is 7.20. The first-order chi connectivity index (χ1) is 10.2. The van der Waals surface area contributed by atoms with Gasteiger partial charge >= 0.3 is 0 Å². The van der Waals surface area contributed by atoms with Gasteiger partial charge in [-0.1, -0.05) is 26.0 Å². The van der Waals surface area contributed by atoms with E-state index in [4.69, 9.17) is 4.74 Å². The van der Waals surface area contributed by atoms with Gasteiger partial charge in [-0.05, 0) is 36.8 Å². The zero-order chi connectivity index (χ0) is 15.2. The molecule has 110 valence electrons. The normalized spacial score (nSPS) is 11.6. The van der Waals surface area contributed by atoms with Crippen molar-refractivity contribution < 1.29 is 9.84 Å². The summed E-state index contributed by atoms with van der Waals surface area (Å²) >= 11 is 0. The summed E-state index contributed by atoms with van der Waals surface area (Å²) in [6, 6.07) is 13.1. The summed E-state index contributed by atoms with van der Waals surface area (Å²) in [6.07, 6.45) is 1.20. The van der Waals surface area contributed by atoms with E-state index >= 15 is 0 Å². The number of aliphatic hydroxyl groups excluding tert-OH is 1. The zero-order valence-electron chi connectivity index (χ0n) is 12.5. The van der Waals surface area contributed by atoms with Gasteiger partial charge in [-0.3, -0.25) is 0 Å². The summed E-state index contributed by atoms with van der Waals surface area (Å²) in [7, 11) is 0. The van der Waals surface area contributed by atoms with E-state index in [2.05, 4.69) is 9.97 Å². The van der Waals surface area contributed by atoms with Crippen molar-refractivity contribution >= 4 is 11.0 Å². The average molecular weight is 284 g/mol. The molecule has 0 amide bonds. The van der Waals surface area contributed by atoms with Crippen molar-refractivity contribution in [1.29, 1.82) is 0 Å². The van der Waals surface area contributed by atoms with Gasteiger partial charge in [0.1, 0.15) is 11.5 Å². The number of nitrogens with zero attached hydrogens (tertiary/aromatic N) is 1. The molecule has 0 radical (unpaired) electrons. The van der Waals surface area contributed by atoms with E-state index in [1.807, 2.05) is 56.3 Å². The van der Waals surface area contributed by atoms with Crippen LogP contribution >= 0.6 is 0 Å². The second-order valence-electron chi connectivity index (χ2n) is 4.43. The Morgan fingerprint density at radius 1 is 1.05 bits per heavy atom. The minimum absolute atomic E-state index is 0.463. The molecule has 0 aliphatic rings. The van der Waals surface area contributed by atoms with E-state index in [0.29, 0.717) is 0 Å². The number of imidazole rings is 1. The molecule has 0 fully saturated rings. The predicted octanol–water partition coefficient (Wildman–Crippen LogP) is 4.43. The lowest BCUT2D eigenvalue weighted by Crippen LogP contribution is -1.90. The molecule has 1 atom stereocenters. The average Bonchev–Trinajstić information content (AvgIpc) is 2.97. The topological polar surface area (TPSA) is 58.1 Å². The second kappa shape index (κ2) is 6.90. The van der Waals surface area contributed by atoms with E-state index in [1.165, 1.54) is 0 Å². The Morgan fingerprint density at radius 2 is 1.71 bits per heavy atom. The van der Waals surface area contributed by atoms with Crippen LogP contribution in [0.2, 0.25) is 0 Å². The number of aromatic amines is 1. The quantitative estimate of drug-likeness (QED) is 0.747. The predicted molar refractivity (Wildman–Crippen MR) is 84.6 cm³/mol. The van der Waals surface area contributed by atoms with Crippen LogP contribution in [0.1, 0.15) is 32.4 Å². The Bertz CT molecular complexity index is 687. The number of hydrogen-bond acceptors (Lipinski definition) is 3. The highest BCUT2D eigenvalue weighted by Gasteiger charge is 2.03. The molecule has 0 aliphatic carbocycles. The zero-order valence-corrected chi connectivity index (χ0v) is 12.5. The van der Waals surface area contributed by atoms with Crippen LogP contribution in [0.3, 0.4) is 0 Å². The largest absolute Gasteiger partial charge is 0.457 e. The Kier molecular flexibility index (Phi) is 4.95. The summed E-state index contributed by atoms with van der Waals surface area (Å²) in [5, 5.41) is 9.45. The van der Waals surface area contributed by atoms with Crippen LogP contribution in [0, 0.1) is 0 Å². The van der Waals surface area contributed by atoms with Crippen LogP contribution in [0.15, 0.2) is 48.8 Å². The maximum atomic E-state index is 9.45. The van der Waals surface area contributed by atoms with Crippen molar-refractivity contribution in [3.63, 3.8) is 0 Å². The third-order valence-corrected chi connectivity index (χ3v) is 2.99. The minimum Gasteiger partial charge on any atom is -0.457 e. The first-order valence-corrected chi connectivity index (χ1v) is 7.11. The summed E-state index contributed by atoms with van der Waals surface area (Å²) < 4.78 is 5.76. The summed E-state index contributed by atoms with van der Waals surface area (Å²) in [5.41, 5.74) is 2.73. The lowest BCUT2D eigenvalue weighted by atomic mass is 10.1. The number of nitrogens with one attached hydrogen (secondary N) is 1. The highest BCUT2D eigenvalue weighted by Crippen LogP contribution is 2.25. The molecule has 1 heterocycles. The molecule has 1 aromatic heterocycles. The lowest BCUT2D eigenvalue weighted by Gasteiger charge is -2.08. The number of benzene rings is 2. The number of H-pyrrole nitrogens is 1. The van der Waals surface area contributed by atoms with Crippen LogP contribution in [0.4, 0.5) is 0 Å². The van der Waals surface area contributed by atoms with Crippen LogP contribution < -0.4 is 4.74 Å². The molecular weight excluding hydrogens is 264 g/mol. The number of aliphatic hydroxyl groups is 1. The van der Waals surface area contributed by atoms with Crippen molar-refractivity contribution in [3.8, 4) is 11.5 Å². The molecule has 4 heteroatoms. The fourth-order valence-corrected chi connectivity index (χ4v) is 1.93. The fraction of sp³-hybridized carbons (Fsp3) is 0.235. The van der Waals surface area contributed by atoms with E-state index < -0.39 is 6.10 Å². The number of rotatable bonds is 3. The van der Waals surface area contributed by atoms with E-state index in [1.54, 1.807) is 13.3 Å². The van der Waals surface area contributed by atoms with Gasteiger partial charge < -0.3 is 14.8 Å². The van der Waals surface area contributed by atoms with Gasteiger partial charge in [-0.2, -0.15) is 0 Å². The molecule has 0 aliphatic heterocycles. The van der Waals surface area contributed by atoms with Crippen molar-refractivity contribution in [2.75, 3.05) is 0 Å². The van der Waals surface area contributed by atoms with Gasteiger partial charge in [0.2, 0.25) is 0 Å². The first kappa shape index (κ1) is 15.1. The molecule has 2 N–H and O–H groups in total. The second-order valence-corrected chi connectivity index (χ2v) is 4.43. The van der Waals surface area contributed by atoms with Crippen molar-refractivity contribution in [1.82, 2.24) is 9.97 Å². The summed E-state index contributed by atoms with van der Waals surface area (Å²) in [6.45, 7) is 5.74.